The predicted octanol–water partition coefficient (Wildman–Crippen LogP) is 3.62. The van der Waals surface area contributed by atoms with Crippen molar-refractivity contribution in [2.45, 2.75) is 18.0 Å². The molecular formula is C21H21N5S. The first-order valence-corrected chi connectivity index (χ1v) is 10.1. The zero-order chi connectivity index (χ0) is 18.6. The Hall–Kier alpha value is -2.70. The van der Waals surface area contributed by atoms with Gasteiger partial charge < -0.3 is 5.32 Å². The summed E-state index contributed by atoms with van der Waals surface area (Å²) in [6.07, 6.45) is 3.93. The fourth-order valence-corrected chi connectivity index (χ4v) is 3.68. The van der Waals surface area contributed by atoms with Gasteiger partial charge in [0, 0.05) is 22.6 Å². The van der Waals surface area contributed by atoms with Crippen molar-refractivity contribution < 1.29 is 0 Å². The third-order valence-electron chi connectivity index (χ3n) is 4.49. The Labute approximate surface area is 163 Å². The summed E-state index contributed by atoms with van der Waals surface area (Å²) < 4.78 is 2.13. The Morgan fingerprint density at radius 1 is 1.19 bits per heavy atom. The summed E-state index contributed by atoms with van der Waals surface area (Å²) >= 11 is 1.73. The van der Waals surface area contributed by atoms with Crippen LogP contribution in [-0.4, -0.2) is 33.3 Å². The van der Waals surface area contributed by atoms with E-state index in [1.54, 1.807) is 11.8 Å². The highest BCUT2D eigenvalue weighted by atomic mass is 32.2. The van der Waals surface area contributed by atoms with Crippen molar-refractivity contribution in [3.05, 3.63) is 84.0 Å². The molecule has 0 amide bonds. The smallest absolute Gasteiger partial charge is 0.159 e. The van der Waals surface area contributed by atoms with Crippen molar-refractivity contribution in [1.29, 1.82) is 0 Å². The number of nitrogens with zero attached hydrogens (tertiary/aromatic N) is 4. The Bertz CT molecular complexity index is 991. The lowest BCUT2D eigenvalue weighted by atomic mass is 10.0. The number of nitrogens with one attached hydrogen (secondary N) is 1. The third-order valence-corrected chi connectivity index (χ3v) is 5.22. The Balaban J connectivity index is 1.86. The van der Waals surface area contributed by atoms with Gasteiger partial charge in [-0.1, -0.05) is 36.4 Å². The van der Waals surface area contributed by atoms with Crippen molar-refractivity contribution >= 4 is 17.5 Å². The molecule has 1 aliphatic rings. The number of benzene rings is 2. The molecule has 0 aliphatic carbocycles. The second-order valence-electron chi connectivity index (χ2n) is 6.20. The highest BCUT2D eigenvalue weighted by Gasteiger charge is 2.23. The third kappa shape index (κ3) is 3.46. The van der Waals surface area contributed by atoms with Crippen LogP contribution in [0.15, 0.2) is 71.1 Å². The van der Waals surface area contributed by atoms with E-state index in [1.807, 2.05) is 24.3 Å². The van der Waals surface area contributed by atoms with Gasteiger partial charge in [0.1, 0.15) is 6.54 Å². The Kier molecular flexibility index (Phi) is 5.18. The maximum atomic E-state index is 4.91. The van der Waals surface area contributed by atoms with E-state index in [-0.39, 0.29) is 0 Å². The molecule has 0 fully saturated rings. The van der Waals surface area contributed by atoms with E-state index in [9.17, 15) is 0 Å². The van der Waals surface area contributed by atoms with Gasteiger partial charge in [0.2, 0.25) is 0 Å². The zero-order valence-electron chi connectivity index (χ0n) is 15.2. The summed E-state index contributed by atoms with van der Waals surface area (Å²) in [5, 5.41) is 12.1. The molecule has 2 heterocycles. The number of rotatable bonds is 6. The maximum Gasteiger partial charge on any atom is 0.159 e. The second kappa shape index (κ2) is 7.90. The molecule has 4 rings (SSSR count). The molecule has 0 radical (unpaired) electrons. The average molecular weight is 376 g/mol. The molecule has 1 aliphatic heterocycles. The molecule has 3 aromatic rings. The van der Waals surface area contributed by atoms with Crippen LogP contribution in [0.5, 0.6) is 0 Å². The van der Waals surface area contributed by atoms with Crippen molar-refractivity contribution in [2.24, 2.45) is 4.99 Å². The van der Waals surface area contributed by atoms with Gasteiger partial charge in [-0.3, -0.25) is 9.56 Å². The van der Waals surface area contributed by atoms with Crippen LogP contribution in [0.3, 0.4) is 0 Å². The van der Waals surface area contributed by atoms with Gasteiger partial charge in [-0.25, -0.2) is 0 Å². The van der Waals surface area contributed by atoms with Gasteiger partial charge in [-0.2, -0.15) is 0 Å². The number of hydrogen-bond donors (Lipinski definition) is 1. The van der Waals surface area contributed by atoms with Crippen molar-refractivity contribution in [3.8, 4) is 5.69 Å². The van der Waals surface area contributed by atoms with E-state index < -0.39 is 0 Å². The first-order valence-electron chi connectivity index (χ1n) is 8.85. The van der Waals surface area contributed by atoms with Gasteiger partial charge >= 0.3 is 0 Å². The zero-order valence-corrected chi connectivity index (χ0v) is 16.0. The maximum absolute atomic E-state index is 4.91. The first-order chi connectivity index (χ1) is 13.3. The fraction of sp³-hybridized carbons (Fsp3) is 0.190. The fourth-order valence-electron chi connectivity index (χ4n) is 3.24. The molecule has 27 heavy (non-hydrogen) atoms. The summed E-state index contributed by atoms with van der Waals surface area (Å²) in [7, 11) is 0. The normalized spacial score (nSPS) is 12.7. The van der Waals surface area contributed by atoms with E-state index in [0.717, 1.165) is 40.7 Å². The summed E-state index contributed by atoms with van der Waals surface area (Å²) in [5.74, 6) is 1.74. The monoisotopic (exact) mass is 375 g/mol. The summed E-state index contributed by atoms with van der Waals surface area (Å²) in [6, 6.07) is 16.8. The molecule has 136 valence electrons. The molecule has 0 spiro atoms. The quantitative estimate of drug-likeness (QED) is 0.406. The van der Waals surface area contributed by atoms with E-state index in [1.165, 1.54) is 4.90 Å². The van der Waals surface area contributed by atoms with Crippen LogP contribution in [-0.2, 0) is 13.1 Å². The van der Waals surface area contributed by atoms with Crippen molar-refractivity contribution in [3.63, 3.8) is 0 Å². The van der Waals surface area contributed by atoms with Crippen molar-refractivity contribution in [2.75, 3.05) is 12.8 Å². The van der Waals surface area contributed by atoms with E-state index in [2.05, 4.69) is 63.2 Å². The van der Waals surface area contributed by atoms with Crippen LogP contribution in [0.25, 0.3) is 5.69 Å². The standard InChI is InChI=1S/C21H21N5S/c1-3-11-22-13-19-24-25-20-14-23-21(15-7-5-4-6-8-15)17-12-16(27-2)9-10-18(17)26(19)20/h3-10,12,22H,1,11,13-14H2,2H3. The van der Waals surface area contributed by atoms with Gasteiger partial charge in [0.15, 0.2) is 11.6 Å². The summed E-state index contributed by atoms with van der Waals surface area (Å²) in [4.78, 5) is 6.12. The molecular weight excluding hydrogens is 354 g/mol. The van der Waals surface area contributed by atoms with Crippen LogP contribution >= 0.6 is 11.8 Å². The Morgan fingerprint density at radius 3 is 2.81 bits per heavy atom. The second-order valence-corrected chi connectivity index (χ2v) is 7.08. The number of hydrogen-bond acceptors (Lipinski definition) is 5. The van der Waals surface area contributed by atoms with Gasteiger partial charge in [-0.15, -0.1) is 28.5 Å². The molecule has 0 unspecified atom stereocenters. The van der Waals surface area contributed by atoms with Crippen LogP contribution < -0.4 is 5.32 Å². The average Bonchev–Trinajstić information content (AvgIpc) is 3.04. The number of fused-ring (bicyclic) bond motifs is 3. The molecule has 2 aromatic carbocycles. The van der Waals surface area contributed by atoms with E-state index >= 15 is 0 Å². The van der Waals surface area contributed by atoms with Crippen LogP contribution in [0, 0.1) is 0 Å². The molecule has 5 nitrogen and oxygen atoms in total. The molecule has 1 aromatic heterocycles. The topological polar surface area (TPSA) is 55.1 Å². The minimum absolute atomic E-state index is 0.502. The number of aliphatic imine (C=N–C) groups is 1. The minimum atomic E-state index is 0.502. The molecule has 0 saturated carbocycles. The molecule has 0 saturated heterocycles. The molecule has 0 bridgehead atoms. The lowest BCUT2D eigenvalue weighted by molar-refractivity contribution is 0.696. The van der Waals surface area contributed by atoms with Gasteiger partial charge in [0.25, 0.3) is 0 Å². The number of thioether (sulfide) groups is 1. The van der Waals surface area contributed by atoms with E-state index in [4.69, 9.17) is 4.99 Å². The van der Waals surface area contributed by atoms with Crippen molar-refractivity contribution in [1.82, 2.24) is 20.1 Å². The largest absolute Gasteiger partial charge is 0.306 e. The first kappa shape index (κ1) is 17.7. The van der Waals surface area contributed by atoms with Crippen LogP contribution in [0.2, 0.25) is 0 Å². The molecule has 6 heteroatoms. The Morgan fingerprint density at radius 2 is 2.04 bits per heavy atom. The highest BCUT2D eigenvalue weighted by molar-refractivity contribution is 7.98. The number of aromatic nitrogens is 3. The molecule has 0 atom stereocenters. The predicted molar refractivity (Wildman–Crippen MR) is 111 cm³/mol. The summed E-state index contributed by atoms with van der Waals surface area (Å²) in [6.45, 7) is 5.61. The highest BCUT2D eigenvalue weighted by Crippen LogP contribution is 2.29. The SMILES string of the molecule is C=CCNCc1nnc2n1-c1ccc(SC)cc1C(c1ccccc1)=NC2. The van der Waals surface area contributed by atoms with Crippen LogP contribution in [0.4, 0.5) is 0 Å². The lowest BCUT2D eigenvalue weighted by Crippen LogP contribution is -2.17. The van der Waals surface area contributed by atoms with E-state index in [0.29, 0.717) is 13.1 Å². The van der Waals surface area contributed by atoms with Crippen LogP contribution in [0.1, 0.15) is 22.8 Å². The van der Waals surface area contributed by atoms with Gasteiger partial charge in [0.05, 0.1) is 17.9 Å². The lowest BCUT2D eigenvalue weighted by Gasteiger charge is -2.15. The molecule has 1 N–H and O–H groups in total. The summed E-state index contributed by atoms with van der Waals surface area (Å²) in [5.41, 5.74) is 4.29. The minimum Gasteiger partial charge on any atom is -0.306 e. The van der Waals surface area contributed by atoms with Gasteiger partial charge in [-0.05, 0) is 24.5 Å².